The second kappa shape index (κ2) is 8.20. The molecule has 0 aliphatic carbocycles. The maximum atomic E-state index is 9.11. The van der Waals surface area contributed by atoms with Gasteiger partial charge < -0.3 is 19.9 Å². The van der Waals surface area contributed by atoms with Crippen LogP contribution >= 0.6 is 0 Å². The molecule has 0 heterocycles. The van der Waals surface area contributed by atoms with Crippen molar-refractivity contribution in [2.75, 3.05) is 27.4 Å². The third-order valence-electron chi connectivity index (χ3n) is 2.49. The van der Waals surface area contributed by atoms with Crippen molar-refractivity contribution in [2.24, 2.45) is 0 Å². The number of benzene rings is 1. The van der Waals surface area contributed by atoms with Gasteiger partial charge in [-0.15, -0.1) is 0 Å². The first-order chi connectivity index (χ1) is 8.30. The van der Waals surface area contributed by atoms with Gasteiger partial charge in [0.15, 0.2) is 0 Å². The number of hydrogen-bond acceptors (Lipinski definition) is 4. The Morgan fingerprint density at radius 3 is 2.65 bits per heavy atom. The molecule has 1 aromatic rings. The van der Waals surface area contributed by atoms with E-state index in [0.29, 0.717) is 19.8 Å². The molecule has 0 aliphatic rings. The number of ether oxygens (including phenoxy) is 2. The lowest BCUT2D eigenvalue weighted by atomic mass is 10.1. The van der Waals surface area contributed by atoms with Crippen LogP contribution in [0.2, 0.25) is 0 Å². The smallest absolute Gasteiger partial charge is 0.0713 e. The second-order valence-electron chi connectivity index (χ2n) is 3.97. The highest BCUT2D eigenvalue weighted by Gasteiger charge is 2.05. The summed E-state index contributed by atoms with van der Waals surface area (Å²) < 4.78 is 10.1. The zero-order valence-corrected chi connectivity index (χ0v) is 10.5. The molecular weight excluding hydrogens is 218 g/mol. The first-order valence-corrected chi connectivity index (χ1v) is 5.70. The van der Waals surface area contributed by atoms with Gasteiger partial charge in [0.1, 0.15) is 0 Å². The van der Waals surface area contributed by atoms with Crippen LogP contribution in [0.1, 0.15) is 11.1 Å². The lowest BCUT2D eigenvalue weighted by Crippen LogP contribution is -2.35. The highest BCUT2D eigenvalue weighted by molar-refractivity contribution is 5.22. The highest BCUT2D eigenvalue weighted by atomic mass is 16.5. The monoisotopic (exact) mass is 239 g/mol. The van der Waals surface area contributed by atoms with Crippen molar-refractivity contribution in [3.63, 3.8) is 0 Å². The molecule has 2 N–H and O–H groups in total. The first-order valence-electron chi connectivity index (χ1n) is 5.70. The van der Waals surface area contributed by atoms with Crippen molar-refractivity contribution in [3.8, 4) is 0 Å². The Morgan fingerprint density at radius 1 is 1.24 bits per heavy atom. The van der Waals surface area contributed by atoms with E-state index in [1.807, 2.05) is 18.2 Å². The van der Waals surface area contributed by atoms with Crippen LogP contribution < -0.4 is 5.32 Å². The van der Waals surface area contributed by atoms with E-state index < -0.39 is 0 Å². The fraction of sp³-hybridized carbons (Fsp3) is 0.538. The van der Waals surface area contributed by atoms with Crippen molar-refractivity contribution in [2.45, 2.75) is 19.2 Å². The van der Waals surface area contributed by atoms with Gasteiger partial charge in [0.05, 0.1) is 25.9 Å². The quantitative estimate of drug-likeness (QED) is 0.708. The van der Waals surface area contributed by atoms with Gasteiger partial charge in [-0.25, -0.2) is 0 Å². The van der Waals surface area contributed by atoms with Crippen molar-refractivity contribution in [1.82, 2.24) is 5.32 Å². The van der Waals surface area contributed by atoms with E-state index >= 15 is 0 Å². The van der Waals surface area contributed by atoms with E-state index in [1.54, 1.807) is 14.2 Å². The van der Waals surface area contributed by atoms with Gasteiger partial charge >= 0.3 is 0 Å². The largest absolute Gasteiger partial charge is 0.395 e. The van der Waals surface area contributed by atoms with Crippen molar-refractivity contribution >= 4 is 0 Å². The molecule has 0 radical (unpaired) electrons. The average molecular weight is 239 g/mol. The fourth-order valence-electron chi connectivity index (χ4n) is 1.64. The molecule has 1 atom stereocenters. The SMILES string of the molecule is COCc1cccc(CNC(CO)COC)c1. The van der Waals surface area contributed by atoms with Crippen molar-refractivity contribution < 1.29 is 14.6 Å². The highest BCUT2D eigenvalue weighted by Crippen LogP contribution is 2.06. The van der Waals surface area contributed by atoms with Gasteiger partial charge in [-0.1, -0.05) is 24.3 Å². The van der Waals surface area contributed by atoms with Gasteiger partial charge in [0.25, 0.3) is 0 Å². The molecule has 0 saturated carbocycles. The average Bonchev–Trinajstić information content (AvgIpc) is 2.35. The van der Waals surface area contributed by atoms with E-state index in [0.717, 1.165) is 5.56 Å². The van der Waals surface area contributed by atoms with Crippen LogP contribution in [0, 0.1) is 0 Å². The Bertz CT molecular complexity index is 317. The molecule has 0 amide bonds. The van der Waals surface area contributed by atoms with Crippen LogP contribution in [-0.4, -0.2) is 38.6 Å². The lowest BCUT2D eigenvalue weighted by molar-refractivity contribution is 0.128. The van der Waals surface area contributed by atoms with Crippen LogP contribution in [0.3, 0.4) is 0 Å². The Kier molecular flexibility index (Phi) is 6.81. The van der Waals surface area contributed by atoms with Gasteiger partial charge in [0, 0.05) is 20.8 Å². The Balaban J connectivity index is 2.47. The summed E-state index contributed by atoms with van der Waals surface area (Å²) in [4.78, 5) is 0. The molecule has 1 aromatic carbocycles. The second-order valence-corrected chi connectivity index (χ2v) is 3.97. The molecule has 17 heavy (non-hydrogen) atoms. The van der Waals surface area contributed by atoms with Crippen molar-refractivity contribution in [3.05, 3.63) is 35.4 Å². The number of hydrogen-bond donors (Lipinski definition) is 2. The molecule has 0 bridgehead atoms. The summed E-state index contributed by atoms with van der Waals surface area (Å²) in [5.74, 6) is 0. The Hall–Kier alpha value is -0.940. The minimum absolute atomic E-state index is 0.0221. The number of methoxy groups -OCH3 is 2. The predicted octanol–water partition coefficient (Wildman–Crippen LogP) is 0.930. The maximum absolute atomic E-state index is 9.11. The van der Waals surface area contributed by atoms with E-state index in [1.165, 1.54) is 5.56 Å². The maximum Gasteiger partial charge on any atom is 0.0713 e. The molecule has 0 fully saturated rings. The molecule has 0 aliphatic heterocycles. The van der Waals surface area contributed by atoms with Gasteiger partial charge in [-0.2, -0.15) is 0 Å². The van der Waals surface area contributed by atoms with Gasteiger partial charge in [-0.05, 0) is 11.1 Å². The summed E-state index contributed by atoms with van der Waals surface area (Å²) in [5.41, 5.74) is 2.33. The summed E-state index contributed by atoms with van der Waals surface area (Å²) >= 11 is 0. The Labute approximate surface area is 103 Å². The lowest BCUT2D eigenvalue weighted by Gasteiger charge is -2.15. The molecular formula is C13H21NO3. The first kappa shape index (κ1) is 14.1. The molecule has 96 valence electrons. The van der Waals surface area contributed by atoms with E-state index in [9.17, 15) is 0 Å². The molecule has 0 aromatic heterocycles. The Morgan fingerprint density at radius 2 is 2.00 bits per heavy atom. The summed E-state index contributed by atoms with van der Waals surface area (Å²) in [6.07, 6.45) is 0. The van der Waals surface area contributed by atoms with Gasteiger partial charge in [0.2, 0.25) is 0 Å². The zero-order chi connectivity index (χ0) is 12.5. The van der Waals surface area contributed by atoms with E-state index in [-0.39, 0.29) is 12.6 Å². The van der Waals surface area contributed by atoms with Crippen LogP contribution in [0.25, 0.3) is 0 Å². The number of aliphatic hydroxyl groups is 1. The molecule has 0 spiro atoms. The summed E-state index contributed by atoms with van der Waals surface area (Å²) in [6.45, 7) is 1.92. The van der Waals surface area contributed by atoms with Crippen LogP contribution in [0.5, 0.6) is 0 Å². The minimum Gasteiger partial charge on any atom is -0.395 e. The molecule has 1 unspecified atom stereocenters. The number of rotatable bonds is 8. The number of aliphatic hydroxyl groups excluding tert-OH is 1. The van der Waals surface area contributed by atoms with Gasteiger partial charge in [-0.3, -0.25) is 0 Å². The van der Waals surface area contributed by atoms with Crippen LogP contribution in [0.15, 0.2) is 24.3 Å². The molecule has 1 rings (SSSR count). The van der Waals surface area contributed by atoms with E-state index in [4.69, 9.17) is 14.6 Å². The van der Waals surface area contributed by atoms with E-state index in [2.05, 4.69) is 11.4 Å². The van der Waals surface area contributed by atoms with Crippen LogP contribution in [0.4, 0.5) is 0 Å². The minimum atomic E-state index is -0.0221. The fourth-order valence-corrected chi connectivity index (χ4v) is 1.64. The predicted molar refractivity (Wildman–Crippen MR) is 66.7 cm³/mol. The molecule has 4 nitrogen and oxygen atoms in total. The third-order valence-corrected chi connectivity index (χ3v) is 2.49. The standard InChI is InChI=1S/C13H21NO3/c1-16-9-12-5-3-4-11(6-12)7-14-13(8-15)10-17-2/h3-6,13-15H,7-10H2,1-2H3. The third kappa shape index (κ3) is 5.28. The summed E-state index contributed by atoms with van der Waals surface area (Å²) in [7, 11) is 3.31. The summed E-state index contributed by atoms with van der Waals surface area (Å²) in [6, 6.07) is 8.16. The number of nitrogens with one attached hydrogen (secondary N) is 1. The normalized spacial score (nSPS) is 12.6. The van der Waals surface area contributed by atoms with Crippen molar-refractivity contribution in [1.29, 1.82) is 0 Å². The zero-order valence-electron chi connectivity index (χ0n) is 10.5. The molecule has 0 saturated heterocycles. The molecule has 4 heteroatoms. The topological polar surface area (TPSA) is 50.7 Å². The summed E-state index contributed by atoms with van der Waals surface area (Å²) in [5, 5.41) is 12.4. The van der Waals surface area contributed by atoms with Crippen LogP contribution in [-0.2, 0) is 22.6 Å².